The molecule has 3 N–H and O–H groups in total. The van der Waals surface area contributed by atoms with Gasteiger partial charge >= 0.3 is 5.97 Å². The summed E-state index contributed by atoms with van der Waals surface area (Å²) in [6.45, 7) is 0. The van der Waals surface area contributed by atoms with E-state index < -0.39 is 17.8 Å². The molecule has 16 heavy (non-hydrogen) atoms. The molecular weight excluding hydrogens is 281 g/mol. The number of nitrogens with two attached hydrogens (primary N) is 1. The molecular formula is C10H11BrFNO3. The Hall–Kier alpha value is -1.14. The van der Waals surface area contributed by atoms with Gasteiger partial charge in [0, 0.05) is 12.5 Å². The molecule has 1 aromatic carbocycles. The van der Waals surface area contributed by atoms with Crippen LogP contribution in [0.3, 0.4) is 0 Å². The molecule has 0 heterocycles. The van der Waals surface area contributed by atoms with E-state index in [1.54, 1.807) is 0 Å². The maximum absolute atomic E-state index is 13.0. The Balaban J connectivity index is 2.89. The zero-order valence-electron chi connectivity index (χ0n) is 8.54. The van der Waals surface area contributed by atoms with Crippen molar-refractivity contribution >= 4 is 21.9 Å². The van der Waals surface area contributed by atoms with Gasteiger partial charge < -0.3 is 15.6 Å². The van der Waals surface area contributed by atoms with Crippen LogP contribution in [0.5, 0.6) is 5.75 Å². The van der Waals surface area contributed by atoms with Gasteiger partial charge in [-0.1, -0.05) is 0 Å². The fraction of sp³-hybridized carbons (Fsp3) is 0.300. The molecule has 0 amide bonds. The number of methoxy groups -OCH3 is 1. The van der Waals surface area contributed by atoms with Gasteiger partial charge in [-0.2, -0.15) is 0 Å². The van der Waals surface area contributed by atoms with Crippen LogP contribution in [0.15, 0.2) is 16.6 Å². The Bertz CT molecular complexity index is 411. The molecule has 0 radical (unpaired) electrons. The zero-order chi connectivity index (χ0) is 12.3. The van der Waals surface area contributed by atoms with Gasteiger partial charge in [0.2, 0.25) is 0 Å². The number of aromatic hydroxyl groups is 1. The van der Waals surface area contributed by atoms with Gasteiger partial charge in [0.25, 0.3) is 0 Å². The first kappa shape index (κ1) is 12.9. The van der Waals surface area contributed by atoms with E-state index in [0.717, 1.165) is 6.07 Å². The number of halogens is 2. The lowest BCUT2D eigenvalue weighted by molar-refractivity contribution is -0.142. The highest BCUT2D eigenvalue weighted by atomic mass is 79.9. The number of rotatable bonds is 3. The molecule has 4 nitrogen and oxygen atoms in total. The van der Waals surface area contributed by atoms with E-state index in [4.69, 9.17) is 5.73 Å². The van der Waals surface area contributed by atoms with E-state index in [2.05, 4.69) is 20.7 Å². The van der Waals surface area contributed by atoms with Crippen LogP contribution in [-0.2, 0) is 16.0 Å². The van der Waals surface area contributed by atoms with E-state index in [9.17, 15) is 14.3 Å². The van der Waals surface area contributed by atoms with Crippen LogP contribution in [0, 0.1) is 5.82 Å². The van der Waals surface area contributed by atoms with Crippen LogP contribution in [-0.4, -0.2) is 24.2 Å². The van der Waals surface area contributed by atoms with E-state index in [1.165, 1.54) is 13.2 Å². The Labute approximate surface area is 100 Å². The molecule has 0 saturated heterocycles. The number of hydrogen-bond donors (Lipinski definition) is 2. The van der Waals surface area contributed by atoms with Crippen molar-refractivity contribution in [2.24, 2.45) is 5.73 Å². The number of carbonyl (C=O) groups excluding carboxylic acids is 1. The van der Waals surface area contributed by atoms with E-state index >= 15 is 0 Å². The van der Waals surface area contributed by atoms with Gasteiger partial charge in [-0.3, -0.25) is 4.79 Å². The Morgan fingerprint density at radius 3 is 2.88 bits per heavy atom. The predicted octanol–water partition coefficient (Wildman–Crippen LogP) is 1.34. The highest BCUT2D eigenvalue weighted by Gasteiger charge is 2.17. The largest absolute Gasteiger partial charge is 0.508 e. The van der Waals surface area contributed by atoms with Gasteiger partial charge in [-0.25, -0.2) is 4.39 Å². The first-order chi connectivity index (χ1) is 7.45. The summed E-state index contributed by atoms with van der Waals surface area (Å²) < 4.78 is 17.6. The van der Waals surface area contributed by atoms with Gasteiger partial charge in [-0.15, -0.1) is 0 Å². The highest BCUT2D eigenvalue weighted by Crippen LogP contribution is 2.26. The van der Waals surface area contributed by atoms with Crippen LogP contribution in [0.25, 0.3) is 0 Å². The van der Waals surface area contributed by atoms with Crippen LogP contribution in [0.4, 0.5) is 4.39 Å². The van der Waals surface area contributed by atoms with Crippen molar-refractivity contribution in [3.63, 3.8) is 0 Å². The van der Waals surface area contributed by atoms with Gasteiger partial charge in [0.15, 0.2) is 0 Å². The molecule has 1 rings (SSSR count). The third-order valence-corrected chi connectivity index (χ3v) is 2.67. The SMILES string of the molecule is COC(=O)C(N)Cc1cc(Br)c(F)cc1O. The molecule has 0 saturated carbocycles. The molecule has 1 atom stereocenters. The molecule has 0 aromatic heterocycles. The first-order valence-electron chi connectivity index (χ1n) is 4.46. The number of phenols is 1. The zero-order valence-corrected chi connectivity index (χ0v) is 10.1. The normalized spacial score (nSPS) is 12.2. The van der Waals surface area contributed by atoms with Gasteiger partial charge in [0.05, 0.1) is 11.6 Å². The Morgan fingerprint density at radius 1 is 1.69 bits per heavy atom. The number of phenolic OH excluding ortho intramolecular Hbond substituents is 1. The average Bonchev–Trinajstić information content (AvgIpc) is 2.24. The first-order valence-corrected chi connectivity index (χ1v) is 5.25. The number of ether oxygens (including phenoxy) is 1. The second-order valence-electron chi connectivity index (χ2n) is 3.23. The fourth-order valence-electron chi connectivity index (χ4n) is 1.21. The lowest BCUT2D eigenvalue weighted by Gasteiger charge is -2.11. The maximum Gasteiger partial charge on any atom is 0.322 e. The topological polar surface area (TPSA) is 72.5 Å². The fourth-order valence-corrected chi connectivity index (χ4v) is 1.60. The lowest BCUT2D eigenvalue weighted by Crippen LogP contribution is -2.33. The number of carbonyl (C=O) groups is 1. The van der Waals surface area contributed by atoms with Crippen molar-refractivity contribution in [3.8, 4) is 5.75 Å². The quantitative estimate of drug-likeness (QED) is 0.825. The standard InChI is InChI=1S/C10H11BrFNO3/c1-16-10(15)8(13)3-5-2-6(11)7(12)4-9(5)14/h2,4,8,14H,3,13H2,1H3. The molecule has 0 aliphatic carbocycles. The van der Waals surface area contributed by atoms with Crippen molar-refractivity contribution in [1.29, 1.82) is 0 Å². The summed E-state index contributed by atoms with van der Waals surface area (Å²) in [6.07, 6.45) is 0.0807. The highest BCUT2D eigenvalue weighted by molar-refractivity contribution is 9.10. The minimum Gasteiger partial charge on any atom is -0.508 e. The monoisotopic (exact) mass is 291 g/mol. The molecule has 0 bridgehead atoms. The number of esters is 1. The molecule has 0 spiro atoms. The molecule has 0 aliphatic heterocycles. The van der Waals surface area contributed by atoms with Crippen LogP contribution in [0.1, 0.15) is 5.56 Å². The molecule has 0 fully saturated rings. The van der Waals surface area contributed by atoms with Crippen LogP contribution < -0.4 is 5.73 Å². The summed E-state index contributed by atoms with van der Waals surface area (Å²) in [6, 6.07) is 1.46. The van der Waals surface area contributed by atoms with Gasteiger partial charge in [-0.05, 0) is 27.6 Å². The van der Waals surface area contributed by atoms with Crippen molar-refractivity contribution in [1.82, 2.24) is 0 Å². The minimum atomic E-state index is -0.881. The number of hydrogen-bond acceptors (Lipinski definition) is 4. The average molecular weight is 292 g/mol. The second kappa shape index (κ2) is 5.27. The molecule has 1 unspecified atom stereocenters. The molecule has 6 heteroatoms. The summed E-state index contributed by atoms with van der Waals surface area (Å²) in [5.74, 6) is -1.40. The van der Waals surface area contributed by atoms with E-state index in [-0.39, 0.29) is 16.6 Å². The third-order valence-electron chi connectivity index (χ3n) is 2.07. The van der Waals surface area contributed by atoms with Crippen molar-refractivity contribution < 1.29 is 19.0 Å². The summed E-state index contributed by atoms with van der Waals surface area (Å²) in [7, 11) is 1.22. The summed E-state index contributed by atoms with van der Waals surface area (Å²) in [5.41, 5.74) is 5.90. The van der Waals surface area contributed by atoms with E-state index in [0.29, 0.717) is 5.56 Å². The predicted molar refractivity (Wildman–Crippen MR) is 59.5 cm³/mol. The Kier molecular flexibility index (Phi) is 4.26. The smallest absolute Gasteiger partial charge is 0.322 e. The molecule has 88 valence electrons. The minimum absolute atomic E-state index is 0.0807. The lowest BCUT2D eigenvalue weighted by atomic mass is 10.1. The second-order valence-corrected chi connectivity index (χ2v) is 4.08. The summed E-state index contributed by atoms with van der Waals surface area (Å²) >= 11 is 2.98. The molecule has 1 aromatic rings. The third kappa shape index (κ3) is 2.93. The van der Waals surface area contributed by atoms with Gasteiger partial charge in [0.1, 0.15) is 17.6 Å². The van der Waals surface area contributed by atoms with Crippen molar-refractivity contribution in [3.05, 3.63) is 28.0 Å². The maximum atomic E-state index is 13.0. The van der Waals surface area contributed by atoms with Crippen molar-refractivity contribution in [2.45, 2.75) is 12.5 Å². The van der Waals surface area contributed by atoms with Crippen molar-refractivity contribution in [2.75, 3.05) is 7.11 Å². The summed E-state index contributed by atoms with van der Waals surface area (Å²) in [5, 5.41) is 9.45. The van der Waals surface area contributed by atoms with E-state index in [1.807, 2.05) is 0 Å². The summed E-state index contributed by atoms with van der Waals surface area (Å²) in [4.78, 5) is 11.1. The Morgan fingerprint density at radius 2 is 2.31 bits per heavy atom. The van der Waals surface area contributed by atoms with Crippen LogP contribution in [0.2, 0.25) is 0 Å². The molecule has 0 aliphatic rings. The van der Waals surface area contributed by atoms with Crippen LogP contribution >= 0.6 is 15.9 Å². The number of benzene rings is 1.